The van der Waals surface area contributed by atoms with Crippen LogP contribution in [-0.2, 0) is 9.47 Å². The minimum atomic E-state index is -1.10. The number of carbonyl (C=O) groups excluding carboxylic acids is 2. The van der Waals surface area contributed by atoms with Crippen LogP contribution in [0.2, 0.25) is 19.6 Å². The highest BCUT2D eigenvalue weighted by Crippen LogP contribution is 2.43. The molecule has 328 valence electrons. The van der Waals surface area contributed by atoms with E-state index in [1.807, 2.05) is 76.8 Å². The molecule has 0 radical (unpaired) electrons. The molecular formula is C51H57BrN4O4S2Si. The molecule has 2 fully saturated rings. The van der Waals surface area contributed by atoms with Crippen molar-refractivity contribution in [2.75, 3.05) is 13.1 Å². The molecule has 0 N–H and O–H groups in total. The van der Waals surface area contributed by atoms with Crippen molar-refractivity contribution in [1.29, 1.82) is 0 Å². The number of hydrogen-bond acceptors (Lipinski definition) is 8. The smallest absolute Gasteiger partial charge is 0.410 e. The van der Waals surface area contributed by atoms with Gasteiger partial charge in [-0.05, 0) is 105 Å². The van der Waals surface area contributed by atoms with Crippen LogP contribution in [0.5, 0.6) is 0 Å². The summed E-state index contributed by atoms with van der Waals surface area (Å²) in [7, 11) is -1.10. The van der Waals surface area contributed by atoms with E-state index in [0.29, 0.717) is 13.1 Å². The van der Waals surface area contributed by atoms with Gasteiger partial charge in [0, 0.05) is 24.2 Å². The molecule has 0 aliphatic carbocycles. The lowest BCUT2D eigenvalue weighted by Gasteiger charge is -2.27. The highest BCUT2D eigenvalue weighted by molar-refractivity contribution is 9.11. The van der Waals surface area contributed by atoms with Crippen LogP contribution in [0.3, 0.4) is 0 Å². The third-order valence-corrected chi connectivity index (χ3v) is 14.0. The van der Waals surface area contributed by atoms with Crippen molar-refractivity contribution in [1.82, 2.24) is 19.8 Å². The number of halogens is 1. The van der Waals surface area contributed by atoms with Gasteiger partial charge in [-0.15, -0.1) is 41.1 Å². The average Bonchev–Trinajstić information content (AvgIpc) is 4.06. The lowest BCUT2D eigenvalue weighted by molar-refractivity contribution is 0.0213. The number of terminal acetylenes is 2. The van der Waals surface area contributed by atoms with Crippen LogP contribution in [-0.4, -0.2) is 64.3 Å². The molecule has 0 bridgehead atoms. The Morgan fingerprint density at radius 2 is 1.10 bits per heavy atom. The quantitative estimate of drug-likeness (QED) is 0.129. The molecule has 6 aromatic rings. The Kier molecular flexibility index (Phi) is 14.9. The predicted octanol–water partition coefficient (Wildman–Crippen LogP) is 14.3. The number of hydrogen-bond donors (Lipinski definition) is 0. The van der Waals surface area contributed by atoms with Gasteiger partial charge in [0.15, 0.2) is 0 Å². The Morgan fingerprint density at radius 1 is 0.683 bits per heavy atom. The Labute approximate surface area is 390 Å². The third kappa shape index (κ3) is 12.0. The van der Waals surface area contributed by atoms with E-state index in [-0.39, 0.29) is 24.3 Å². The lowest BCUT2D eigenvalue weighted by atomic mass is 10.0. The van der Waals surface area contributed by atoms with Gasteiger partial charge in [-0.3, -0.25) is 9.80 Å². The van der Waals surface area contributed by atoms with Gasteiger partial charge in [0.2, 0.25) is 0 Å². The monoisotopic (exact) mass is 960 g/mol. The molecule has 2 atom stereocenters. The van der Waals surface area contributed by atoms with Crippen molar-refractivity contribution < 1.29 is 19.1 Å². The van der Waals surface area contributed by atoms with E-state index in [4.69, 9.17) is 32.3 Å². The zero-order chi connectivity index (χ0) is 45.7. The molecule has 2 aromatic heterocycles. The van der Waals surface area contributed by atoms with Crippen molar-refractivity contribution >= 4 is 80.4 Å². The van der Waals surface area contributed by atoms with E-state index in [1.165, 1.54) is 22.1 Å². The van der Waals surface area contributed by atoms with Crippen LogP contribution in [0.1, 0.15) is 94.2 Å². The standard InChI is InChI=1S/C24H24N2O2S.C22H23BrN2O2S.C5H10Si/c1-5-20-21(18-13-8-11-16-10-6-7-12-17(16)18)25-22(29-20)19-14-9-15-26(19)23(27)28-24(2,3)4;1-22(2,3)27-21(26)25-13-7-12-17(25)20-24-18(19(23)28-20)16-11-6-9-14-8-4-5-10-15(14)16;1-5-6(2,3)4/h1,6-8,10-13,19H,9,14-15H2,2-4H3;4-6,8-11,17H,7,12-13H2,1-3H3;1H,2-4H3/t19-;17-;/m00./s1. The largest absolute Gasteiger partial charge is 0.444 e. The second kappa shape index (κ2) is 19.8. The second-order valence-electron chi connectivity index (χ2n) is 18.7. The zero-order valence-corrected chi connectivity index (χ0v) is 42.0. The van der Waals surface area contributed by atoms with Crippen molar-refractivity contribution in [3.63, 3.8) is 0 Å². The fourth-order valence-corrected chi connectivity index (χ4v) is 10.2. The molecule has 0 spiro atoms. The fourth-order valence-electron chi connectivity index (χ4n) is 7.37. The number of benzene rings is 4. The third-order valence-electron chi connectivity index (χ3n) is 10.2. The molecule has 0 unspecified atom stereocenters. The summed E-state index contributed by atoms with van der Waals surface area (Å²) < 4.78 is 12.2. The molecule has 4 aromatic carbocycles. The van der Waals surface area contributed by atoms with Crippen LogP contribution >= 0.6 is 38.6 Å². The van der Waals surface area contributed by atoms with Crippen molar-refractivity contribution in [2.45, 2.75) is 110 Å². The highest BCUT2D eigenvalue weighted by Gasteiger charge is 2.37. The lowest BCUT2D eigenvalue weighted by Crippen LogP contribution is -2.36. The molecule has 2 amide bonds. The molecule has 2 saturated heterocycles. The Bertz CT molecular complexity index is 2670. The van der Waals surface area contributed by atoms with Crippen LogP contribution in [0.4, 0.5) is 9.59 Å². The predicted molar refractivity (Wildman–Crippen MR) is 268 cm³/mol. The van der Waals surface area contributed by atoms with Gasteiger partial charge in [0.1, 0.15) is 34.2 Å². The number of amides is 2. The maximum absolute atomic E-state index is 12.7. The molecule has 4 heterocycles. The summed E-state index contributed by atoms with van der Waals surface area (Å²) in [6.07, 6.45) is 14.1. The number of carbonyl (C=O) groups is 2. The van der Waals surface area contributed by atoms with Gasteiger partial charge in [-0.25, -0.2) is 19.6 Å². The van der Waals surface area contributed by atoms with E-state index >= 15 is 0 Å². The number of rotatable bonds is 4. The summed E-state index contributed by atoms with van der Waals surface area (Å²) in [6, 6.07) is 28.9. The van der Waals surface area contributed by atoms with Crippen LogP contribution < -0.4 is 0 Å². The minimum Gasteiger partial charge on any atom is -0.444 e. The first-order valence-corrected chi connectivity index (χ1v) is 27.3. The minimum absolute atomic E-state index is 0.0279. The zero-order valence-electron chi connectivity index (χ0n) is 37.8. The Hall–Kier alpha value is -4.98. The number of aromatic nitrogens is 2. The van der Waals surface area contributed by atoms with Gasteiger partial charge < -0.3 is 9.47 Å². The second-order valence-corrected chi connectivity index (χ2v) is 26.8. The summed E-state index contributed by atoms with van der Waals surface area (Å²) in [4.78, 5) is 39.7. The summed E-state index contributed by atoms with van der Waals surface area (Å²) >= 11 is 6.83. The first kappa shape index (κ1) is 47.5. The van der Waals surface area contributed by atoms with Gasteiger partial charge in [-0.1, -0.05) is 110 Å². The van der Waals surface area contributed by atoms with Gasteiger partial charge >= 0.3 is 12.2 Å². The first-order chi connectivity index (χ1) is 29.8. The normalized spacial score (nSPS) is 16.4. The number of nitrogens with zero attached hydrogens (tertiary/aromatic N) is 4. The van der Waals surface area contributed by atoms with Crippen LogP contribution in [0, 0.1) is 24.3 Å². The summed E-state index contributed by atoms with van der Waals surface area (Å²) in [5.41, 5.74) is 5.61. The maximum Gasteiger partial charge on any atom is 0.410 e. The van der Waals surface area contributed by atoms with E-state index in [0.717, 1.165) is 77.6 Å². The molecular weight excluding hydrogens is 905 g/mol. The van der Waals surface area contributed by atoms with Gasteiger partial charge in [0.05, 0.1) is 27.3 Å². The molecule has 8 nitrogen and oxygen atoms in total. The fraction of sp³-hybridized carbons (Fsp3) is 0.373. The molecule has 2 aliphatic heterocycles. The Morgan fingerprint density at radius 3 is 1.54 bits per heavy atom. The molecule has 63 heavy (non-hydrogen) atoms. The van der Waals surface area contributed by atoms with Crippen molar-refractivity contribution in [3.05, 3.63) is 104 Å². The Balaban J connectivity index is 0.000000186. The topological polar surface area (TPSA) is 84.9 Å². The SMILES string of the molecule is C#C[Si](C)(C)C.C#Cc1sc([C@@H]2CCCN2C(=O)OC(C)(C)C)nc1-c1cccc2ccccc12.CC(C)(C)OC(=O)N1CCC[C@H]1c1nc(-c2cccc3ccccc23)c(Br)s1. The van der Waals surface area contributed by atoms with Gasteiger partial charge in [0.25, 0.3) is 0 Å². The van der Waals surface area contributed by atoms with Crippen LogP contribution in [0.25, 0.3) is 44.1 Å². The van der Waals surface area contributed by atoms with E-state index in [2.05, 4.69) is 102 Å². The van der Waals surface area contributed by atoms with Crippen molar-refractivity contribution in [3.8, 4) is 46.8 Å². The summed E-state index contributed by atoms with van der Waals surface area (Å²) in [5.74, 6) is 2.81. The number of thiazole rings is 2. The number of fused-ring (bicyclic) bond motifs is 2. The molecule has 8 rings (SSSR count). The van der Waals surface area contributed by atoms with E-state index < -0.39 is 19.3 Å². The highest BCUT2D eigenvalue weighted by atomic mass is 79.9. The van der Waals surface area contributed by atoms with Crippen LogP contribution in [0.15, 0.2) is 88.7 Å². The maximum atomic E-state index is 12.7. The molecule has 2 aliphatic rings. The number of likely N-dealkylation sites (tertiary alicyclic amines) is 2. The molecule has 12 heteroatoms. The van der Waals surface area contributed by atoms with E-state index in [9.17, 15) is 9.59 Å². The number of ether oxygens (including phenoxy) is 2. The first-order valence-electron chi connectivity index (χ1n) is 21.3. The average molecular weight is 962 g/mol. The summed E-state index contributed by atoms with van der Waals surface area (Å²) in [6.45, 7) is 19.2. The van der Waals surface area contributed by atoms with Gasteiger partial charge in [-0.2, -0.15) is 0 Å². The summed E-state index contributed by atoms with van der Waals surface area (Å²) in [5, 5.41) is 6.48. The van der Waals surface area contributed by atoms with E-state index in [1.54, 1.807) is 16.2 Å². The molecule has 0 saturated carbocycles. The van der Waals surface area contributed by atoms with Crippen molar-refractivity contribution in [2.24, 2.45) is 0 Å².